The van der Waals surface area contributed by atoms with Crippen molar-refractivity contribution in [1.29, 1.82) is 0 Å². The van der Waals surface area contributed by atoms with Crippen molar-refractivity contribution in [2.75, 3.05) is 7.11 Å². The van der Waals surface area contributed by atoms with Crippen LogP contribution in [0.1, 0.15) is 44.9 Å². The molecule has 0 saturated carbocycles. The summed E-state index contributed by atoms with van der Waals surface area (Å²) in [5.74, 6) is -0.901. The molecule has 0 aliphatic rings. The van der Waals surface area contributed by atoms with Crippen LogP contribution in [0.15, 0.2) is 42.5 Å². The van der Waals surface area contributed by atoms with E-state index >= 15 is 0 Å². The number of ether oxygens (including phenoxy) is 1. The number of rotatable bonds is 4. The summed E-state index contributed by atoms with van der Waals surface area (Å²) in [7, 11) is 1.52. The van der Waals surface area contributed by atoms with E-state index in [4.69, 9.17) is 4.74 Å². The summed E-state index contributed by atoms with van der Waals surface area (Å²) in [4.78, 5) is 36.7. The van der Waals surface area contributed by atoms with Crippen molar-refractivity contribution < 1.29 is 24.2 Å². The molecular weight excluding hydrogens is 334 g/mol. The van der Waals surface area contributed by atoms with Crippen LogP contribution in [-0.2, 0) is 0 Å². The molecule has 0 aliphatic carbocycles. The molecule has 0 amide bonds. The smallest absolute Gasteiger partial charge is 0.230 e. The van der Waals surface area contributed by atoms with E-state index in [-0.39, 0.29) is 11.3 Å². The van der Waals surface area contributed by atoms with E-state index in [1.165, 1.54) is 27.0 Å². The Morgan fingerprint density at radius 1 is 0.962 bits per heavy atom. The Balaban J connectivity index is 2.27. The van der Waals surface area contributed by atoms with Gasteiger partial charge in [-0.25, -0.2) is 0 Å². The Labute approximate surface area is 149 Å². The highest BCUT2D eigenvalue weighted by molar-refractivity contribution is 6.20. The van der Waals surface area contributed by atoms with Crippen molar-refractivity contribution in [3.05, 3.63) is 59.2 Å². The normalized spacial score (nSPS) is 10.7. The first-order valence-electron chi connectivity index (χ1n) is 7.93. The molecule has 0 fully saturated rings. The van der Waals surface area contributed by atoms with Crippen molar-refractivity contribution >= 4 is 28.4 Å². The zero-order valence-electron chi connectivity index (χ0n) is 14.6. The minimum absolute atomic E-state index is 0.0107. The molecule has 132 valence electrons. The molecule has 0 saturated heterocycles. The summed E-state index contributed by atoms with van der Waals surface area (Å²) in [5, 5.41) is 10.9. The summed E-state index contributed by atoms with van der Waals surface area (Å²) in [5.41, 5.74) is 1.08. The van der Waals surface area contributed by atoms with Crippen molar-refractivity contribution in [3.63, 3.8) is 0 Å². The monoisotopic (exact) mass is 351 g/mol. The quantitative estimate of drug-likeness (QED) is 0.728. The Morgan fingerprint density at radius 3 is 2.12 bits per heavy atom. The molecule has 6 nitrogen and oxygen atoms in total. The number of benzene rings is 2. The number of ketones is 2. The van der Waals surface area contributed by atoms with Gasteiger partial charge in [0.1, 0.15) is 5.75 Å². The number of fused-ring (bicyclic) bond motifs is 1. The molecule has 0 radical (unpaired) electrons. The van der Waals surface area contributed by atoms with Crippen LogP contribution >= 0.6 is 0 Å². The highest BCUT2D eigenvalue weighted by atomic mass is 16.5. The number of aromatic hydroxyl groups is 1. The number of carbonyl (C=O) groups is 3. The first-order chi connectivity index (χ1) is 12.3. The second-order valence-electron chi connectivity index (χ2n) is 5.90. The SMILES string of the molecule is COc1ccc(C(=O)c2c(O)n(C(C)=O)c3ccc(C(C)=O)cc23)cc1. The van der Waals surface area contributed by atoms with Crippen LogP contribution in [0, 0.1) is 0 Å². The van der Waals surface area contributed by atoms with Crippen LogP contribution in [0.4, 0.5) is 0 Å². The van der Waals surface area contributed by atoms with E-state index < -0.39 is 17.6 Å². The van der Waals surface area contributed by atoms with E-state index in [0.29, 0.717) is 27.8 Å². The van der Waals surface area contributed by atoms with Gasteiger partial charge < -0.3 is 9.84 Å². The van der Waals surface area contributed by atoms with Gasteiger partial charge >= 0.3 is 0 Å². The van der Waals surface area contributed by atoms with Crippen LogP contribution < -0.4 is 4.74 Å². The molecular formula is C20H17NO5. The number of hydrogen-bond acceptors (Lipinski definition) is 5. The lowest BCUT2D eigenvalue weighted by Gasteiger charge is -2.04. The Morgan fingerprint density at radius 2 is 1.58 bits per heavy atom. The van der Waals surface area contributed by atoms with Gasteiger partial charge in [-0.2, -0.15) is 0 Å². The molecule has 0 atom stereocenters. The van der Waals surface area contributed by atoms with E-state index in [2.05, 4.69) is 0 Å². The lowest BCUT2D eigenvalue weighted by molar-refractivity contribution is 0.0932. The summed E-state index contributed by atoms with van der Waals surface area (Å²) in [6, 6.07) is 11.1. The molecule has 1 heterocycles. The van der Waals surface area contributed by atoms with Crippen LogP contribution in [-0.4, -0.2) is 34.3 Å². The fraction of sp³-hybridized carbons (Fsp3) is 0.150. The number of aromatic nitrogens is 1. The fourth-order valence-electron chi connectivity index (χ4n) is 2.93. The van der Waals surface area contributed by atoms with Gasteiger partial charge in [0.2, 0.25) is 11.8 Å². The summed E-state index contributed by atoms with van der Waals surface area (Å²) < 4.78 is 6.14. The molecule has 6 heteroatoms. The third kappa shape index (κ3) is 2.75. The number of Topliss-reactive ketones (excluding diaryl/α,β-unsaturated/α-hetero) is 1. The minimum atomic E-state index is -0.448. The minimum Gasteiger partial charge on any atom is -0.497 e. The van der Waals surface area contributed by atoms with E-state index in [1.807, 2.05) is 0 Å². The molecule has 3 rings (SSSR count). The second kappa shape index (κ2) is 6.48. The molecule has 3 aromatic rings. The predicted octanol–water partition coefficient (Wildman–Crippen LogP) is 3.45. The summed E-state index contributed by atoms with van der Waals surface area (Å²) in [6.07, 6.45) is 0. The Kier molecular flexibility index (Phi) is 4.34. The Bertz CT molecular complexity index is 1040. The largest absolute Gasteiger partial charge is 0.497 e. The highest BCUT2D eigenvalue weighted by Crippen LogP contribution is 2.34. The molecule has 0 spiro atoms. The molecule has 2 aromatic carbocycles. The topological polar surface area (TPSA) is 85.6 Å². The van der Waals surface area contributed by atoms with Gasteiger partial charge in [-0.15, -0.1) is 0 Å². The third-order valence-electron chi connectivity index (χ3n) is 4.24. The zero-order valence-corrected chi connectivity index (χ0v) is 14.6. The Hall–Kier alpha value is -3.41. The zero-order chi connectivity index (χ0) is 19.0. The first kappa shape index (κ1) is 17.4. The maximum atomic E-state index is 13.0. The third-order valence-corrected chi connectivity index (χ3v) is 4.24. The lowest BCUT2D eigenvalue weighted by Crippen LogP contribution is -2.06. The maximum Gasteiger partial charge on any atom is 0.230 e. The van der Waals surface area contributed by atoms with Gasteiger partial charge in [0.05, 0.1) is 18.2 Å². The molecule has 0 bridgehead atoms. The first-order valence-corrected chi connectivity index (χ1v) is 7.93. The number of carbonyl (C=O) groups excluding carboxylic acids is 3. The van der Waals surface area contributed by atoms with Gasteiger partial charge in [0.25, 0.3) is 0 Å². The summed E-state index contributed by atoms with van der Waals surface area (Å²) in [6.45, 7) is 2.70. The van der Waals surface area contributed by atoms with Crippen molar-refractivity contribution in [3.8, 4) is 11.6 Å². The van der Waals surface area contributed by atoms with Gasteiger partial charge in [-0.05, 0) is 49.4 Å². The van der Waals surface area contributed by atoms with Crippen LogP contribution in [0.2, 0.25) is 0 Å². The predicted molar refractivity (Wildman–Crippen MR) is 96.3 cm³/mol. The van der Waals surface area contributed by atoms with E-state index in [9.17, 15) is 19.5 Å². The second-order valence-corrected chi connectivity index (χ2v) is 5.90. The number of methoxy groups -OCH3 is 1. The molecule has 26 heavy (non-hydrogen) atoms. The van der Waals surface area contributed by atoms with Gasteiger partial charge in [0, 0.05) is 23.4 Å². The van der Waals surface area contributed by atoms with Gasteiger partial charge in [0.15, 0.2) is 11.6 Å². The summed E-state index contributed by atoms with van der Waals surface area (Å²) >= 11 is 0. The van der Waals surface area contributed by atoms with E-state index in [1.54, 1.807) is 36.4 Å². The van der Waals surface area contributed by atoms with Crippen molar-refractivity contribution in [2.45, 2.75) is 13.8 Å². The highest BCUT2D eigenvalue weighted by Gasteiger charge is 2.25. The van der Waals surface area contributed by atoms with Crippen molar-refractivity contribution in [2.24, 2.45) is 0 Å². The van der Waals surface area contributed by atoms with Crippen molar-refractivity contribution in [1.82, 2.24) is 4.57 Å². The van der Waals surface area contributed by atoms with Gasteiger partial charge in [-0.3, -0.25) is 19.0 Å². The van der Waals surface area contributed by atoms with Crippen LogP contribution in [0.25, 0.3) is 10.9 Å². The van der Waals surface area contributed by atoms with Crippen LogP contribution in [0.5, 0.6) is 11.6 Å². The average Bonchev–Trinajstić information content (AvgIpc) is 2.92. The fourth-order valence-corrected chi connectivity index (χ4v) is 2.93. The molecule has 1 N–H and O–H groups in total. The lowest BCUT2D eigenvalue weighted by atomic mass is 10.00. The maximum absolute atomic E-state index is 13.0. The molecule has 0 unspecified atom stereocenters. The molecule has 0 aliphatic heterocycles. The average molecular weight is 351 g/mol. The molecule has 1 aromatic heterocycles. The number of nitrogens with zero attached hydrogens (tertiary/aromatic N) is 1. The van der Waals surface area contributed by atoms with Gasteiger partial charge in [-0.1, -0.05) is 0 Å². The van der Waals surface area contributed by atoms with Crippen LogP contribution in [0.3, 0.4) is 0 Å². The number of hydrogen-bond donors (Lipinski definition) is 1. The standard InChI is InChI=1S/C20H17NO5/c1-11(22)14-6-9-17-16(10-14)18(20(25)21(17)12(2)23)19(24)13-4-7-15(26-3)8-5-13/h4-10,25H,1-3H3. The van der Waals surface area contributed by atoms with E-state index in [0.717, 1.165) is 4.57 Å².